The van der Waals surface area contributed by atoms with Gasteiger partial charge in [0, 0.05) is 17.5 Å². The molecule has 0 spiro atoms. The molecule has 0 amide bonds. The lowest BCUT2D eigenvalue weighted by Gasteiger charge is -2.15. The van der Waals surface area contributed by atoms with Gasteiger partial charge in [0.05, 0.1) is 13.2 Å². The van der Waals surface area contributed by atoms with E-state index in [1.807, 2.05) is 31.2 Å². The fourth-order valence-electron chi connectivity index (χ4n) is 1.31. The van der Waals surface area contributed by atoms with E-state index in [0.717, 1.165) is 5.56 Å². The van der Waals surface area contributed by atoms with Gasteiger partial charge in [0.25, 0.3) is 0 Å². The Morgan fingerprint density at radius 3 is 2.71 bits per heavy atom. The number of aliphatic hydroxyl groups is 1. The van der Waals surface area contributed by atoms with E-state index in [4.69, 9.17) is 16.3 Å². The molecule has 1 unspecified atom stereocenters. The van der Waals surface area contributed by atoms with Crippen molar-refractivity contribution in [3.05, 3.63) is 34.9 Å². The molecule has 0 aliphatic rings. The van der Waals surface area contributed by atoms with Gasteiger partial charge in [-0.2, -0.15) is 0 Å². The summed E-state index contributed by atoms with van der Waals surface area (Å²) in [6.07, 6.45) is 0. The average Bonchev–Trinajstić information content (AvgIpc) is 2.21. The van der Waals surface area contributed by atoms with Gasteiger partial charge in [0.2, 0.25) is 0 Å². The Labute approximate surface area is 89.5 Å². The van der Waals surface area contributed by atoms with Crippen molar-refractivity contribution >= 4 is 11.6 Å². The van der Waals surface area contributed by atoms with E-state index in [-0.39, 0.29) is 12.5 Å². The summed E-state index contributed by atoms with van der Waals surface area (Å²) in [4.78, 5) is 0. The van der Waals surface area contributed by atoms with Crippen molar-refractivity contribution in [3.63, 3.8) is 0 Å². The van der Waals surface area contributed by atoms with Crippen molar-refractivity contribution < 1.29 is 9.84 Å². The Hall–Kier alpha value is -0.570. The lowest BCUT2D eigenvalue weighted by Crippen LogP contribution is -2.12. The van der Waals surface area contributed by atoms with Gasteiger partial charge in [-0.15, -0.1) is 0 Å². The van der Waals surface area contributed by atoms with Crippen LogP contribution in [0.4, 0.5) is 0 Å². The second-order valence-electron chi connectivity index (χ2n) is 3.06. The predicted molar refractivity (Wildman–Crippen MR) is 57.8 cm³/mol. The third-order valence-corrected chi connectivity index (χ3v) is 2.43. The van der Waals surface area contributed by atoms with E-state index < -0.39 is 0 Å². The molecule has 2 nitrogen and oxygen atoms in total. The highest BCUT2D eigenvalue weighted by Gasteiger charge is 2.12. The second kappa shape index (κ2) is 6.02. The van der Waals surface area contributed by atoms with Crippen LogP contribution in [0.2, 0.25) is 5.02 Å². The van der Waals surface area contributed by atoms with Crippen molar-refractivity contribution in [2.24, 2.45) is 0 Å². The maximum absolute atomic E-state index is 9.19. The van der Waals surface area contributed by atoms with Crippen molar-refractivity contribution in [2.75, 3.05) is 19.8 Å². The van der Waals surface area contributed by atoms with E-state index in [9.17, 15) is 5.11 Å². The molecule has 0 aliphatic heterocycles. The number of hydrogen-bond acceptors (Lipinski definition) is 2. The van der Waals surface area contributed by atoms with Crippen LogP contribution in [0.3, 0.4) is 0 Å². The van der Waals surface area contributed by atoms with E-state index >= 15 is 0 Å². The highest BCUT2D eigenvalue weighted by molar-refractivity contribution is 6.31. The number of benzene rings is 1. The van der Waals surface area contributed by atoms with Crippen LogP contribution in [0.5, 0.6) is 0 Å². The monoisotopic (exact) mass is 214 g/mol. The van der Waals surface area contributed by atoms with Gasteiger partial charge in [0.15, 0.2) is 0 Å². The van der Waals surface area contributed by atoms with Crippen LogP contribution in [-0.2, 0) is 4.74 Å². The van der Waals surface area contributed by atoms with Crippen LogP contribution in [0.15, 0.2) is 24.3 Å². The Balaban J connectivity index is 2.73. The molecular formula is C11H15ClO2. The topological polar surface area (TPSA) is 29.5 Å². The van der Waals surface area contributed by atoms with Crippen molar-refractivity contribution in [2.45, 2.75) is 12.8 Å². The first-order chi connectivity index (χ1) is 6.79. The summed E-state index contributed by atoms with van der Waals surface area (Å²) < 4.78 is 5.28. The second-order valence-corrected chi connectivity index (χ2v) is 3.47. The minimum Gasteiger partial charge on any atom is -0.396 e. The summed E-state index contributed by atoms with van der Waals surface area (Å²) in [5.41, 5.74) is 0.949. The molecule has 1 rings (SSSR count). The lowest BCUT2D eigenvalue weighted by molar-refractivity contribution is 0.109. The van der Waals surface area contributed by atoms with Crippen LogP contribution < -0.4 is 0 Å². The Morgan fingerprint density at radius 2 is 2.14 bits per heavy atom. The van der Waals surface area contributed by atoms with Gasteiger partial charge in [-0.25, -0.2) is 0 Å². The van der Waals surface area contributed by atoms with Gasteiger partial charge in [0.1, 0.15) is 0 Å². The maximum Gasteiger partial charge on any atom is 0.0557 e. The fraction of sp³-hybridized carbons (Fsp3) is 0.455. The van der Waals surface area contributed by atoms with Gasteiger partial charge >= 0.3 is 0 Å². The average molecular weight is 215 g/mol. The molecular weight excluding hydrogens is 200 g/mol. The van der Waals surface area contributed by atoms with Crippen LogP contribution in [-0.4, -0.2) is 24.9 Å². The normalized spacial score (nSPS) is 12.8. The van der Waals surface area contributed by atoms with Gasteiger partial charge in [-0.05, 0) is 18.6 Å². The summed E-state index contributed by atoms with van der Waals surface area (Å²) >= 11 is 6.01. The number of halogens is 1. The fourth-order valence-corrected chi connectivity index (χ4v) is 1.60. The summed E-state index contributed by atoms with van der Waals surface area (Å²) in [7, 11) is 0. The first-order valence-electron chi connectivity index (χ1n) is 4.72. The molecule has 0 aromatic heterocycles. The minimum absolute atomic E-state index is 0.0244. The number of rotatable bonds is 5. The summed E-state index contributed by atoms with van der Waals surface area (Å²) in [5.74, 6) is -0.0244. The minimum atomic E-state index is -0.0244. The molecule has 0 radical (unpaired) electrons. The molecule has 0 saturated heterocycles. The van der Waals surface area contributed by atoms with Crippen LogP contribution in [0.25, 0.3) is 0 Å². The third kappa shape index (κ3) is 2.98. The molecule has 0 saturated carbocycles. The molecule has 0 bridgehead atoms. The first-order valence-corrected chi connectivity index (χ1v) is 5.10. The Kier molecular flexibility index (Phi) is 4.94. The number of ether oxygens (including phenoxy) is 1. The third-order valence-electron chi connectivity index (χ3n) is 2.09. The number of aliphatic hydroxyl groups excluding tert-OH is 1. The van der Waals surface area contributed by atoms with E-state index in [1.165, 1.54) is 0 Å². The summed E-state index contributed by atoms with van der Waals surface area (Å²) in [5, 5.41) is 9.88. The van der Waals surface area contributed by atoms with Crippen LogP contribution in [0.1, 0.15) is 18.4 Å². The predicted octanol–water partition coefficient (Wildman–Crippen LogP) is 2.45. The number of hydrogen-bond donors (Lipinski definition) is 1. The van der Waals surface area contributed by atoms with Crippen molar-refractivity contribution in [1.29, 1.82) is 0 Å². The highest BCUT2D eigenvalue weighted by Crippen LogP contribution is 2.24. The van der Waals surface area contributed by atoms with E-state index in [0.29, 0.717) is 18.2 Å². The molecule has 1 aromatic rings. The van der Waals surface area contributed by atoms with Crippen molar-refractivity contribution in [1.82, 2.24) is 0 Å². The summed E-state index contributed by atoms with van der Waals surface area (Å²) in [6.45, 7) is 3.16. The lowest BCUT2D eigenvalue weighted by atomic mass is 10.0. The maximum atomic E-state index is 9.19. The standard InChI is InChI=1S/C11H15ClO2/c1-2-14-8-9(7-13)10-5-3-4-6-11(10)12/h3-6,9,13H,2,7-8H2,1H3. The zero-order valence-electron chi connectivity index (χ0n) is 8.24. The Bertz CT molecular complexity index is 276. The van der Waals surface area contributed by atoms with E-state index in [2.05, 4.69) is 0 Å². The molecule has 78 valence electrons. The molecule has 1 atom stereocenters. The van der Waals surface area contributed by atoms with Crippen LogP contribution >= 0.6 is 11.6 Å². The molecule has 0 heterocycles. The largest absolute Gasteiger partial charge is 0.396 e. The zero-order valence-corrected chi connectivity index (χ0v) is 9.00. The molecule has 3 heteroatoms. The van der Waals surface area contributed by atoms with Gasteiger partial charge in [-0.1, -0.05) is 29.8 Å². The van der Waals surface area contributed by atoms with Gasteiger partial charge < -0.3 is 9.84 Å². The zero-order chi connectivity index (χ0) is 10.4. The van der Waals surface area contributed by atoms with Crippen LogP contribution in [0, 0.1) is 0 Å². The molecule has 1 N–H and O–H groups in total. The first kappa shape index (κ1) is 11.5. The smallest absolute Gasteiger partial charge is 0.0557 e. The molecule has 0 fully saturated rings. The van der Waals surface area contributed by atoms with Gasteiger partial charge in [-0.3, -0.25) is 0 Å². The molecule has 0 aliphatic carbocycles. The van der Waals surface area contributed by atoms with E-state index in [1.54, 1.807) is 0 Å². The molecule has 14 heavy (non-hydrogen) atoms. The quantitative estimate of drug-likeness (QED) is 0.816. The Morgan fingerprint density at radius 1 is 1.43 bits per heavy atom. The van der Waals surface area contributed by atoms with Crippen molar-refractivity contribution in [3.8, 4) is 0 Å². The highest BCUT2D eigenvalue weighted by atomic mass is 35.5. The SMILES string of the molecule is CCOCC(CO)c1ccccc1Cl. The summed E-state index contributed by atoms with van der Waals surface area (Å²) in [6, 6.07) is 7.53. The molecule has 1 aromatic carbocycles.